The van der Waals surface area contributed by atoms with Crippen molar-refractivity contribution in [2.45, 2.75) is 33.4 Å². The van der Waals surface area contributed by atoms with Gasteiger partial charge in [-0.1, -0.05) is 24.6 Å². The number of carboxylic acids is 1. The van der Waals surface area contributed by atoms with Gasteiger partial charge in [0, 0.05) is 18.8 Å². The number of aromatic nitrogens is 2. The van der Waals surface area contributed by atoms with Crippen LogP contribution in [0.2, 0.25) is 5.02 Å². The molecule has 0 saturated heterocycles. The molecule has 0 saturated carbocycles. The van der Waals surface area contributed by atoms with Gasteiger partial charge in [0.05, 0.1) is 22.2 Å². The maximum absolute atomic E-state index is 12.1. The molecule has 0 amide bonds. The van der Waals surface area contributed by atoms with Crippen LogP contribution in [0.4, 0.5) is 0 Å². The quantitative estimate of drug-likeness (QED) is 0.687. The third-order valence-corrected chi connectivity index (χ3v) is 4.55. The summed E-state index contributed by atoms with van der Waals surface area (Å²) in [5.74, 6) is -2.03. The van der Waals surface area contributed by atoms with Crippen molar-refractivity contribution < 1.29 is 19.1 Å². The van der Waals surface area contributed by atoms with Crippen molar-refractivity contribution in [2.75, 3.05) is 0 Å². The first-order chi connectivity index (χ1) is 12.8. The standard InChI is InChI=1S/C19H19ClN2O5/c1-10-4-5-14(21-8-10)12(3)26-16-7-17-15(6-13(16)20)22(19(25)27-17)9-11(2)18(23)24/h4-8,11-12H,9H2,1-3H3,(H,23,24)/t11-,12?/m0/s1. The fourth-order valence-corrected chi connectivity index (χ4v) is 2.85. The van der Waals surface area contributed by atoms with Gasteiger partial charge in [0.25, 0.3) is 0 Å². The highest BCUT2D eigenvalue weighted by Gasteiger charge is 2.19. The summed E-state index contributed by atoms with van der Waals surface area (Å²) >= 11 is 6.32. The third kappa shape index (κ3) is 3.98. The molecule has 8 heteroatoms. The minimum atomic E-state index is -0.998. The average molecular weight is 391 g/mol. The van der Waals surface area contributed by atoms with Crippen LogP contribution in [0.5, 0.6) is 5.75 Å². The summed E-state index contributed by atoms with van der Waals surface area (Å²) in [6.45, 7) is 5.30. The van der Waals surface area contributed by atoms with Crippen LogP contribution in [0.25, 0.3) is 11.1 Å². The molecule has 2 aromatic heterocycles. The zero-order valence-electron chi connectivity index (χ0n) is 15.1. The lowest BCUT2D eigenvalue weighted by molar-refractivity contribution is -0.141. The minimum Gasteiger partial charge on any atom is -0.483 e. The first-order valence-corrected chi connectivity index (χ1v) is 8.79. The summed E-state index contributed by atoms with van der Waals surface area (Å²) in [4.78, 5) is 27.5. The first-order valence-electron chi connectivity index (χ1n) is 8.41. The van der Waals surface area contributed by atoms with Gasteiger partial charge in [0.2, 0.25) is 0 Å². The van der Waals surface area contributed by atoms with Gasteiger partial charge in [-0.3, -0.25) is 14.3 Å². The smallest absolute Gasteiger partial charge is 0.419 e. The molecule has 1 N–H and O–H groups in total. The largest absolute Gasteiger partial charge is 0.483 e. The molecule has 0 bridgehead atoms. The van der Waals surface area contributed by atoms with Crippen molar-refractivity contribution in [2.24, 2.45) is 5.92 Å². The van der Waals surface area contributed by atoms with E-state index in [2.05, 4.69) is 4.98 Å². The molecule has 1 aromatic carbocycles. The SMILES string of the molecule is Cc1ccc(C(C)Oc2cc3oc(=O)n(C[C@H](C)C(=O)O)c3cc2Cl)nc1. The highest BCUT2D eigenvalue weighted by molar-refractivity contribution is 6.32. The second-order valence-electron chi connectivity index (χ2n) is 6.49. The van der Waals surface area contributed by atoms with Crippen molar-refractivity contribution in [1.29, 1.82) is 0 Å². The Hall–Kier alpha value is -2.80. The predicted molar refractivity (Wildman–Crippen MR) is 100 cm³/mol. The van der Waals surface area contributed by atoms with Gasteiger partial charge in [0.1, 0.15) is 11.9 Å². The molecule has 1 unspecified atom stereocenters. The molecule has 2 heterocycles. The van der Waals surface area contributed by atoms with Crippen LogP contribution in [-0.2, 0) is 11.3 Å². The van der Waals surface area contributed by atoms with Gasteiger partial charge >= 0.3 is 11.7 Å². The lowest BCUT2D eigenvalue weighted by atomic mass is 10.2. The van der Waals surface area contributed by atoms with Gasteiger partial charge in [-0.05, 0) is 31.5 Å². The lowest BCUT2D eigenvalue weighted by Crippen LogP contribution is -2.23. The van der Waals surface area contributed by atoms with Crippen LogP contribution in [0.15, 0.2) is 39.7 Å². The maximum Gasteiger partial charge on any atom is 0.419 e. The van der Waals surface area contributed by atoms with E-state index in [1.165, 1.54) is 17.6 Å². The second-order valence-corrected chi connectivity index (χ2v) is 6.90. The number of pyridine rings is 1. The van der Waals surface area contributed by atoms with E-state index in [0.29, 0.717) is 16.3 Å². The third-order valence-electron chi connectivity index (χ3n) is 4.25. The van der Waals surface area contributed by atoms with E-state index < -0.39 is 17.6 Å². The van der Waals surface area contributed by atoms with Crippen molar-refractivity contribution in [1.82, 2.24) is 9.55 Å². The van der Waals surface area contributed by atoms with E-state index in [0.717, 1.165) is 11.3 Å². The molecule has 142 valence electrons. The van der Waals surface area contributed by atoms with Gasteiger partial charge in [-0.2, -0.15) is 0 Å². The number of benzene rings is 1. The van der Waals surface area contributed by atoms with E-state index in [1.54, 1.807) is 12.3 Å². The number of fused-ring (bicyclic) bond motifs is 1. The molecular formula is C19H19ClN2O5. The summed E-state index contributed by atoms with van der Waals surface area (Å²) in [5, 5.41) is 9.36. The van der Waals surface area contributed by atoms with Crippen LogP contribution in [-0.4, -0.2) is 20.6 Å². The highest BCUT2D eigenvalue weighted by atomic mass is 35.5. The van der Waals surface area contributed by atoms with Gasteiger partial charge < -0.3 is 14.3 Å². The summed E-state index contributed by atoms with van der Waals surface area (Å²) < 4.78 is 12.4. The molecular weight excluding hydrogens is 372 g/mol. The van der Waals surface area contributed by atoms with Crippen LogP contribution in [0, 0.1) is 12.8 Å². The number of aryl methyl sites for hydroxylation is 1. The Morgan fingerprint density at radius 1 is 1.37 bits per heavy atom. The van der Waals surface area contributed by atoms with Crippen molar-refractivity contribution in [3.63, 3.8) is 0 Å². The Morgan fingerprint density at radius 2 is 2.11 bits per heavy atom. The van der Waals surface area contributed by atoms with E-state index in [1.807, 2.05) is 26.0 Å². The summed E-state index contributed by atoms with van der Waals surface area (Å²) in [7, 11) is 0. The molecule has 0 aliphatic heterocycles. The Labute approximate surface area is 160 Å². The topological polar surface area (TPSA) is 94.6 Å². The number of oxazole rings is 1. The van der Waals surface area contributed by atoms with Gasteiger partial charge in [-0.15, -0.1) is 0 Å². The van der Waals surface area contributed by atoms with Crippen LogP contribution < -0.4 is 10.5 Å². The highest BCUT2D eigenvalue weighted by Crippen LogP contribution is 2.33. The fourth-order valence-electron chi connectivity index (χ4n) is 2.65. The number of carbonyl (C=O) groups is 1. The molecule has 27 heavy (non-hydrogen) atoms. The van der Waals surface area contributed by atoms with E-state index in [-0.39, 0.29) is 18.2 Å². The number of ether oxygens (including phenoxy) is 1. The number of rotatable bonds is 6. The number of aliphatic carboxylic acids is 1. The predicted octanol–water partition coefficient (Wildman–Crippen LogP) is 3.81. The van der Waals surface area contributed by atoms with E-state index >= 15 is 0 Å². The monoisotopic (exact) mass is 390 g/mol. The number of hydrogen-bond donors (Lipinski definition) is 1. The first kappa shape index (κ1) is 19.0. The summed E-state index contributed by atoms with van der Waals surface area (Å²) in [6, 6.07) is 6.89. The van der Waals surface area contributed by atoms with Gasteiger partial charge in [-0.25, -0.2) is 4.79 Å². The van der Waals surface area contributed by atoms with E-state index in [4.69, 9.17) is 25.9 Å². The maximum atomic E-state index is 12.1. The number of nitrogens with zero attached hydrogens (tertiary/aromatic N) is 2. The van der Waals surface area contributed by atoms with Crippen LogP contribution in [0.1, 0.15) is 31.2 Å². The Kier molecular flexibility index (Phi) is 5.23. The number of hydrogen-bond acceptors (Lipinski definition) is 5. The molecule has 0 radical (unpaired) electrons. The second kappa shape index (κ2) is 7.44. The molecule has 0 fully saturated rings. The molecule has 3 aromatic rings. The Balaban J connectivity index is 1.92. The molecule has 0 spiro atoms. The van der Waals surface area contributed by atoms with Crippen LogP contribution >= 0.6 is 11.6 Å². The van der Waals surface area contributed by atoms with Crippen LogP contribution in [0.3, 0.4) is 0 Å². The van der Waals surface area contributed by atoms with Gasteiger partial charge in [0.15, 0.2) is 5.58 Å². The minimum absolute atomic E-state index is 0.0125. The Morgan fingerprint density at radius 3 is 2.74 bits per heavy atom. The molecule has 2 atom stereocenters. The number of carboxylic acid groups (broad SMARTS) is 1. The Bertz CT molecular complexity index is 1040. The molecule has 0 aliphatic carbocycles. The average Bonchev–Trinajstić information content (AvgIpc) is 2.90. The summed E-state index contributed by atoms with van der Waals surface area (Å²) in [5.41, 5.74) is 2.49. The van der Waals surface area contributed by atoms with Crippen molar-refractivity contribution in [3.05, 3.63) is 57.3 Å². The lowest BCUT2D eigenvalue weighted by Gasteiger charge is -2.15. The molecule has 7 nitrogen and oxygen atoms in total. The zero-order chi connectivity index (χ0) is 19.7. The summed E-state index contributed by atoms with van der Waals surface area (Å²) in [6.07, 6.45) is 1.39. The molecule has 3 rings (SSSR count). The normalized spacial score (nSPS) is 13.5. The van der Waals surface area contributed by atoms with E-state index in [9.17, 15) is 9.59 Å². The number of halogens is 1. The van der Waals surface area contributed by atoms with Crippen molar-refractivity contribution >= 4 is 28.7 Å². The molecule has 0 aliphatic rings. The fraction of sp³-hybridized carbons (Fsp3) is 0.316. The zero-order valence-corrected chi connectivity index (χ0v) is 15.9. The van der Waals surface area contributed by atoms with Crippen molar-refractivity contribution in [3.8, 4) is 5.75 Å².